The van der Waals surface area contributed by atoms with Crippen LogP contribution in [0.25, 0.3) is 0 Å². The number of carbonyl (C=O) groups excluding carboxylic acids is 2. The summed E-state index contributed by atoms with van der Waals surface area (Å²) in [6.07, 6.45) is 1.25. The SMILES string of the molecule is CCOC=C1CC(=O)N(c2ccc(F)c(Cl)c2)C1=O. The zero-order chi connectivity index (χ0) is 14.0. The van der Waals surface area contributed by atoms with Crippen LogP contribution >= 0.6 is 11.6 Å². The maximum Gasteiger partial charge on any atom is 0.264 e. The standard InChI is InChI=1S/C13H11ClFNO3/c1-2-19-7-8-5-12(17)16(13(8)18)9-3-4-11(15)10(14)6-9/h3-4,6-7H,2,5H2,1H3. The molecule has 100 valence electrons. The van der Waals surface area contributed by atoms with Crippen molar-refractivity contribution in [3.8, 4) is 0 Å². The van der Waals surface area contributed by atoms with Crippen molar-refractivity contribution in [3.63, 3.8) is 0 Å². The highest BCUT2D eigenvalue weighted by Crippen LogP contribution is 2.29. The van der Waals surface area contributed by atoms with Crippen LogP contribution in [0.15, 0.2) is 30.0 Å². The van der Waals surface area contributed by atoms with Gasteiger partial charge in [0.05, 0.1) is 35.6 Å². The third-order valence-corrected chi connectivity index (χ3v) is 2.91. The second kappa shape index (κ2) is 5.40. The highest BCUT2D eigenvalue weighted by molar-refractivity contribution is 6.32. The van der Waals surface area contributed by atoms with Crippen LogP contribution in [0, 0.1) is 5.82 Å². The van der Waals surface area contributed by atoms with Gasteiger partial charge in [-0.2, -0.15) is 0 Å². The number of nitrogens with zero attached hydrogens (tertiary/aromatic N) is 1. The van der Waals surface area contributed by atoms with E-state index in [2.05, 4.69) is 0 Å². The molecule has 0 aromatic heterocycles. The predicted molar refractivity (Wildman–Crippen MR) is 68.2 cm³/mol. The van der Waals surface area contributed by atoms with E-state index in [0.717, 1.165) is 11.0 Å². The average molecular weight is 284 g/mol. The Morgan fingerprint density at radius 3 is 2.84 bits per heavy atom. The van der Waals surface area contributed by atoms with Gasteiger partial charge in [0.15, 0.2) is 0 Å². The summed E-state index contributed by atoms with van der Waals surface area (Å²) < 4.78 is 18.1. The van der Waals surface area contributed by atoms with Crippen LogP contribution < -0.4 is 4.90 Å². The molecule has 0 aliphatic carbocycles. The van der Waals surface area contributed by atoms with Crippen LogP contribution in [0.2, 0.25) is 5.02 Å². The molecule has 0 atom stereocenters. The molecule has 1 aromatic rings. The van der Waals surface area contributed by atoms with Crippen molar-refractivity contribution in [2.45, 2.75) is 13.3 Å². The highest BCUT2D eigenvalue weighted by Gasteiger charge is 2.35. The lowest BCUT2D eigenvalue weighted by Gasteiger charge is -2.13. The first-order valence-corrected chi connectivity index (χ1v) is 6.05. The van der Waals surface area contributed by atoms with Crippen LogP contribution in [-0.4, -0.2) is 18.4 Å². The average Bonchev–Trinajstić information content (AvgIpc) is 2.65. The molecule has 1 aliphatic rings. The quantitative estimate of drug-likeness (QED) is 0.487. The first-order valence-electron chi connectivity index (χ1n) is 5.67. The van der Waals surface area contributed by atoms with E-state index in [1.54, 1.807) is 6.92 Å². The van der Waals surface area contributed by atoms with Gasteiger partial charge in [0.25, 0.3) is 5.91 Å². The molecule has 4 nitrogen and oxygen atoms in total. The van der Waals surface area contributed by atoms with Gasteiger partial charge in [-0.1, -0.05) is 11.6 Å². The topological polar surface area (TPSA) is 46.6 Å². The molecule has 0 radical (unpaired) electrons. The van der Waals surface area contributed by atoms with Crippen molar-refractivity contribution >= 4 is 29.1 Å². The van der Waals surface area contributed by atoms with E-state index in [1.807, 2.05) is 0 Å². The minimum absolute atomic E-state index is 0.0339. The predicted octanol–water partition coefficient (Wildman–Crippen LogP) is 2.66. The second-order valence-electron chi connectivity index (χ2n) is 3.91. The van der Waals surface area contributed by atoms with E-state index in [4.69, 9.17) is 16.3 Å². The molecule has 19 heavy (non-hydrogen) atoms. The number of ether oxygens (including phenoxy) is 1. The van der Waals surface area contributed by atoms with Gasteiger partial charge in [-0.3, -0.25) is 9.59 Å². The number of anilines is 1. The zero-order valence-electron chi connectivity index (χ0n) is 10.2. The third kappa shape index (κ3) is 2.61. The number of imide groups is 1. The Kier molecular flexibility index (Phi) is 3.85. The summed E-state index contributed by atoms with van der Waals surface area (Å²) in [6, 6.07) is 3.69. The summed E-state index contributed by atoms with van der Waals surface area (Å²) in [5.74, 6) is -1.46. The second-order valence-corrected chi connectivity index (χ2v) is 4.32. The Bertz CT molecular complexity index is 571. The van der Waals surface area contributed by atoms with Gasteiger partial charge in [-0.25, -0.2) is 9.29 Å². The number of hydrogen-bond donors (Lipinski definition) is 0. The normalized spacial score (nSPS) is 17.4. The molecule has 2 amide bonds. The van der Waals surface area contributed by atoms with E-state index in [0.29, 0.717) is 6.61 Å². The first kappa shape index (κ1) is 13.5. The van der Waals surface area contributed by atoms with E-state index in [1.165, 1.54) is 18.4 Å². The highest BCUT2D eigenvalue weighted by atomic mass is 35.5. The van der Waals surface area contributed by atoms with Crippen molar-refractivity contribution in [1.29, 1.82) is 0 Å². The summed E-state index contributed by atoms with van der Waals surface area (Å²) >= 11 is 5.64. The Hall–Kier alpha value is -1.88. The summed E-state index contributed by atoms with van der Waals surface area (Å²) in [7, 11) is 0. The summed E-state index contributed by atoms with van der Waals surface area (Å²) in [5.41, 5.74) is 0.522. The minimum atomic E-state index is -0.602. The number of rotatable bonds is 3. The van der Waals surface area contributed by atoms with Crippen molar-refractivity contribution < 1.29 is 18.7 Å². The zero-order valence-corrected chi connectivity index (χ0v) is 10.9. The maximum atomic E-state index is 13.1. The maximum absolute atomic E-state index is 13.1. The minimum Gasteiger partial charge on any atom is -0.501 e. The molecular formula is C13H11ClFNO3. The van der Waals surface area contributed by atoms with Crippen LogP contribution in [0.1, 0.15) is 13.3 Å². The molecule has 1 aliphatic heterocycles. The van der Waals surface area contributed by atoms with Crippen molar-refractivity contribution in [3.05, 3.63) is 40.9 Å². The molecular weight excluding hydrogens is 273 g/mol. The third-order valence-electron chi connectivity index (χ3n) is 2.62. The van der Waals surface area contributed by atoms with Gasteiger partial charge in [0, 0.05) is 0 Å². The monoisotopic (exact) mass is 283 g/mol. The fraction of sp³-hybridized carbons (Fsp3) is 0.231. The largest absolute Gasteiger partial charge is 0.501 e. The Morgan fingerprint density at radius 2 is 2.21 bits per heavy atom. The molecule has 0 bridgehead atoms. The summed E-state index contributed by atoms with van der Waals surface area (Å²) in [6.45, 7) is 2.18. The Balaban J connectivity index is 2.32. The summed E-state index contributed by atoms with van der Waals surface area (Å²) in [4.78, 5) is 24.8. The number of carbonyl (C=O) groups is 2. The van der Waals surface area contributed by atoms with E-state index in [-0.39, 0.29) is 22.7 Å². The molecule has 0 spiro atoms. The molecule has 1 saturated heterocycles. The lowest BCUT2D eigenvalue weighted by Crippen LogP contribution is -2.28. The first-order chi connectivity index (χ1) is 9.04. The molecule has 6 heteroatoms. The lowest BCUT2D eigenvalue weighted by molar-refractivity contribution is -0.120. The van der Waals surface area contributed by atoms with Gasteiger partial charge in [0.2, 0.25) is 5.91 Å². The van der Waals surface area contributed by atoms with Gasteiger partial charge in [-0.05, 0) is 25.1 Å². The molecule has 1 aromatic carbocycles. The molecule has 2 rings (SSSR count). The van der Waals surface area contributed by atoms with E-state index in [9.17, 15) is 14.0 Å². The van der Waals surface area contributed by atoms with Gasteiger partial charge in [-0.15, -0.1) is 0 Å². The van der Waals surface area contributed by atoms with Crippen molar-refractivity contribution in [2.24, 2.45) is 0 Å². The molecule has 0 N–H and O–H groups in total. The molecule has 0 saturated carbocycles. The fourth-order valence-electron chi connectivity index (χ4n) is 1.74. The van der Waals surface area contributed by atoms with Crippen molar-refractivity contribution in [2.75, 3.05) is 11.5 Å². The Morgan fingerprint density at radius 1 is 1.47 bits per heavy atom. The van der Waals surface area contributed by atoms with Gasteiger partial charge in [0.1, 0.15) is 5.82 Å². The number of hydrogen-bond acceptors (Lipinski definition) is 3. The number of halogens is 2. The van der Waals surface area contributed by atoms with Crippen LogP contribution in [0.3, 0.4) is 0 Å². The van der Waals surface area contributed by atoms with E-state index >= 15 is 0 Å². The molecule has 0 unspecified atom stereocenters. The summed E-state index contributed by atoms with van der Waals surface area (Å²) in [5, 5.41) is -0.139. The van der Waals surface area contributed by atoms with Gasteiger partial charge < -0.3 is 4.74 Å². The molecule has 1 heterocycles. The number of amides is 2. The Labute approximate surface area is 114 Å². The van der Waals surface area contributed by atoms with Crippen molar-refractivity contribution in [1.82, 2.24) is 0 Å². The van der Waals surface area contributed by atoms with Crippen LogP contribution in [0.4, 0.5) is 10.1 Å². The van der Waals surface area contributed by atoms with Crippen LogP contribution in [-0.2, 0) is 14.3 Å². The molecule has 1 fully saturated rings. The fourth-order valence-corrected chi connectivity index (χ4v) is 1.91. The van der Waals surface area contributed by atoms with Crippen LogP contribution in [0.5, 0.6) is 0 Å². The lowest BCUT2D eigenvalue weighted by atomic mass is 10.2. The van der Waals surface area contributed by atoms with Gasteiger partial charge >= 0.3 is 0 Å². The number of benzene rings is 1. The van der Waals surface area contributed by atoms with E-state index < -0.39 is 17.6 Å². The smallest absolute Gasteiger partial charge is 0.264 e.